The van der Waals surface area contributed by atoms with Crippen LogP contribution in [0.4, 0.5) is 0 Å². The lowest BCUT2D eigenvalue weighted by atomic mass is 10.1. The standard InChI is InChI=1S/C16H14N4O/c1-2-12-9-15-18-14(8-11-6-4-3-5-7-11)19-20(15)16(21)13(12)10-17/h3-7,9H,2,8H2,1H3,(H,18,19). The van der Waals surface area contributed by atoms with Crippen molar-refractivity contribution in [3.63, 3.8) is 0 Å². The second-order valence-electron chi connectivity index (χ2n) is 4.84. The van der Waals surface area contributed by atoms with Gasteiger partial charge in [0, 0.05) is 6.42 Å². The third-order valence-corrected chi connectivity index (χ3v) is 3.47. The molecule has 0 fully saturated rings. The molecule has 3 aromatic rings. The van der Waals surface area contributed by atoms with E-state index in [-0.39, 0.29) is 11.1 Å². The number of aromatic nitrogens is 3. The van der Waals surface area contributed by atoms with E-state index < -0.39 is 0 Å². The van der Waals surface area contributed by atoms with E-state index in [1.54, 1.807) is 6.07 Å². The molecule has 0 aliphatic heterocycles. The van der Waals surface area contributed by atoms with Gasteiger partial charge in [-0.2, -0.15) is 9.78 Å². The van der Waals surface area contributed by atoms with Crippen LogP contribution in [0.5, 0.6) is 0 Å². The van der Waals surface area contributed by atoms with Crippen molar-refractivity contribution < 1.29 is 0 Å². The summed E-state index contributed by atoms with van der Waals surface area (Å²) in [4.78, 5) is 16.7. The number of rotatable bonds is 3. The second kappa shape index (κ2) is 5.25. The van der Waals surface area contributed by atoms with Crippen molar-refractivity contribution in [1.29, 1.82) is 5.26 Å². The number of benzene rings is 1. The molecule has 0 aliphatic carbocycles. The third kappa shape index (κ3) is 2.32. The number of hydrogen-bond donors (Lipinski definition) is 1. The van der Waals surface area contributed by atoms with Crippen LogP contribution in [0.1, 0.15) is 29.4 Å². The van der Waals surface area contributed by atoms with E-state index in [1.807, 2.05) is 43.3 Å². The molecule has 0 saturated carbocycles. The van der Waals surface area contributed by atoms with Crippen molar-refractivity contribution in [2.45, 2.75) is 19.8 Å². The largest absolute Gasteiger partial charge is 0.289 e. The molecule has 0 atom stereocenters. The number of nitrogens with one attached hydrogen (secondary N) is 1. The maximum atomic E-state index is 12.3. The lowest BCUT2D eigenvalue weighted by Gasteiger charge is -1.99. The lowest BCUT2D eigenvalue weighted by Crippen LogP contribution is -2.19. The zero-order chi connectivity index (χ0) is 14.8. The average Bonchev–Trinajstić information content (AvgIpc) is 2.91. The molecule has 3 rings (SSSR count). The summed E-state index contributed by atoms with van der Waals surface area (Å²) in [5.41, 5.74) is 2.26. The van der Waals surface area contributed by atoms with Gasteiger partial charge in [0.05, 0.1) is 0 Å². The van der Waals surface area contributed by atoms with Gasteiger partial charge >= 0.3 is 0 Å². The van der Waals surface area contributed by atoms with Crippen molar-refractivity contribution in [3.8, 4) is 6.07 Å². The van der Waals surface area contributed by atoms with E-state index >= 15 is 0 Å². The van der Waals surface area contributed by atoms with Gasteiger partial charge in [-0.15, -0.1) is 0 Å². The van der Waals surface area contributed by atoms with E-state index in [9.17, 15) is 4.79 Å². The van der Waals surface area contributed by atoms with Crippen LogP contribution in [0.3, 0.4) is 0 Å². The topological polar surface area (TPSA) is 74.0 Å². The Kier molecular flexibility index (Phi) is 3.28. The average molecular weight is 278 g/mol. The first-order valence-electron chi connectivity index (χ1n) is 6.80. The van der Waals surface area contributed by atoms with E-state index in [1.165, 1.54) is 4.52 Å². The monoisotopic (exact) mass is 278 g/mol. The molecule has 5 nitrogen and oxygen atoms in total. The molecule has 2 heterocycles. The van der Waals surface area contributed by atoms with Crippen molar-refractivity contribution in [3.05, 3.63) is 69.3 Å². The summed E-state index contributed by atoms with van der Waals surface area (Å²) in [6.07, 6.45) is 1.25. The first kappa shape index (κ1) is 13.1. The van der Waals surface area contributed by atoms with Crippen LogP contribution in [0.25, 0.3) is 5.65 Å². The van der Waals surface area contributed by atoms with Gasteiger partial charge in [-0.1, -0.05) is 37.3 Å². The Hall–Kier alpha value is -2.87. The van der Waals surface area contributed by atoms with E-state index in [0.29, 0.717) is 24.3 Å². The van der Waals surface area contributed by atoms with Gasteiger partial charge in [0.25, 0.3) is 5.56 Å². The summed E-state index contributed by atoms with van der Waals surface area (Å²) in [5, 5.41) is 12.1. The molecule has 0 spiro atoms. The molecule has 0 saturated heterocycles. The fourth-order valence-electron chi connectivity index (χ4n) is 2.40. The van der Waals surface area contributed by atoms with Gasteiger partial charge < -0.3 is 0 Å². The summed E-state index contributed by atoms with van der Waals surface area (Å²) in [6, 6.07) is 13.7. The van der Waals surface area contributed by atoms with E-state index in [4.69, 9.17) is 5.26 Å². The van der Waals surface area contributed by atoms with Gasteiger partial charge in [-0.3, -0.25) is 9.89 Å². The SMILES string of the molecule is CCc1cc2nc(Cc3ccccc3)[nH]n2c(=O)c1C#N. The molecule has 0 radical (unpaired) electrons. The molecule has 5 heteroatoms. The summed E-state index contributed by atoms with van der Waals surface area (Å²) in [7, 11) is 0. The second-order valence-corrected chi connectivity index (χ2v) is 4.84. The first-order valence-corrected chi connectivity index (χ1v) is 6.80. The number of hydrogen-bond acceptors (Lipinski definition) is 3. The molecule has 0 amide bonds. The van der Waals surface area contributed by atoms with Gasteiger partial charge in [0.15, 0.2) is 5.65 Å². The Morgan fingerprint density at radius 2 is 2.10 bits per heavy atom. The molecule has 1 N–H and O–H groups in total. The fourth-order valence-corrected chi connectivity index (χ4v) is 2.40. The highest BCUT2D eigenvalue weighted by Crippen LogP contribution is 2.10. The minimum atomic E-state index is -0.335. The Labute approximate surface area is 121 Å². The summed E-state index contributed by atoms with van der Waals surface area (Å²) < 4.78 is 1.34. The normalized spacial score (nSPS) is 10.7. The Morgan fingerprint density at radius 3 is 2.76 bits per heavy atom. The molecule has 0 unspecified atom stereocenters. The summed E-state index contributed by atoms with van der Waals surface area (Å²) >= 11 is 0. The highest BCUT2D eigenvalue weighted by molar-refractivity contribution is 5.48. The third-order valence-electron chi connectivity index (χ3n) is 3.47. The van der Waals surface area contributed by atoms with Crippen molar-refractivity contribution in [2.24, 2.45) is 0 Å². The fraction of sp³-hybridized carbons (Fsp3) is 0.188. The highest BCUT2D eigenvalue weighted by Gasteiger charge is 2.12. The molecule has 21 heavy (non-hydrogen) atoms. The number of aryl methyl sites for hydroxylation is 1. The van der Waals surface area contributed by atoms with E-state index in [0.717, 1.165) is 11.1 Å². The smallest absolute Gasteiger partial charge is 0.276 e. The predicted octanol–water partition coefficient (Wildman–Crippen LogP) is 2.05. The quantitative estimate of drug-likeness (QED) is 0.796. The zero-order valence-corrected chi connectivity index (χ0v) is 11.6. The van der Waals surface area contributed by atoms with Gasteiger partial charge in [0.2, 0.25) is 0 Å². The Morgan fingerprint density at radius 1 is 1.33 bits per heavy atom. The number of nitrogens with zero attached hydrogens (tertiary/aromatic N) is 3. The maximum absolute atomic E-state index is 12.3. The summed E-state index contributed by atoms with van der Waals surface area (Å²) in [6.45, 7) is 1.92. The minimum absolute atomic E-state index is 0.185. The van der Waals surface area contributed by atoms with Crippen molar-refractivity contribution in [1.82, 2.24) is 14.6 Å². The lowest BCUT2D eigenvalue weighted by molar-refractivity contribution is 0.864. The van der Waals surface area contributed by atoms with Gasteiger partial charge in [-0.25, -0.2) is 4.98 Å². The molecule has 104 valence electrons. The van der Waals surface area contributed by atoms with Crippen LogP contribution < -0.4 is 5.56 Å². The summed E-state index contributed by atoms with van der Waals surface area (Å²) in [5.74, 6) is 0.704. The number of nitriles is 1. The minimum Gasteiger partial charge on any atom is -0.276 e. The molecule has 0 bridgehead atoms. The highest BCUT2D eigenvalue weighted by atomic mass is 16.1. The van der Waals surface area contributed by atoms with Crippen LogP contribution >= 0.6 is 0 Å². The van der Waals surface area contributed by atoms with E-state index in [2.05, 4.69) is 10.1 Å². The molecular formula is C16H14N4O. The van der Waals surface area contributed by atoms with Crippen molar-refractivity contribution >= 4 is 5.65 Å². The maximum Gasteiger partial charge on any atom is 0.289 e. The predicted molar refractivity (Wildman–Crippen MR) is 79.2 cm³/mol. The number of fused-ring (bicyclic) bond motifs is 1. The zero-order valence-electron chi connectivity index (χ0n) is 11.6. The van der Waals surface area contributed by atoms with Crippen LogP contribution in [0.15, 0.2) is 41.2 Å². The first-order chi connectivity index (χ1) is 10.2. The number of pyridine rings is 1. The molecular weight excluding hydrogens is 264 g/mol. The van der Waals surface area contributed by atoms with Crippen LogP contribution in [-0.2, 0) is 12.8 Å². The Bertz CT molecular complexity index is 884. The van der Waals surface area contributed by atoms with Gasteiger partial charge in [-0.05, 0) is 23.6 Å². The number of H-pyrrole nitrogens is 1. The number of aromatic amines is 1. The Balaban J connectivity index is 2.11. The van der Waals surface area contributed by atoms with Crippen LogP contribution in [-0.4, -0.2) is 14.6 Å². The molecule has 1 aromatic carbocycles. The van der Waals surface area contributed by atoms with Crippen molar-refractivity contribution in [2.75, 3.05) is 0 Å². The molecule has 2 aromatic heterocycles. The molecule has 0 aliphatic rings. The van der Waals surface area contributed by atoms with Crippen LogP contribution in [0.2, 0.25) is 0 Å². The van der Waals surface area contributed by atoms with Gasteiger partial charge in [0.1, 0.15) is 17.5 Å². The van der Waals surface area contributed by atoms with Crippen LogP contribution in [0, 0.1) is 11.3 Å².